The highest BCUT2D eigenvalue weighted by Crippen LogP contribution is 2.37. The number of nitrogens with zero attached hydrogens (tertiary/aromatic N) is 2. The van der Waals surface area contributed by atoms with E-state index in [4.69, 9.17) is 0 Å². The maximum absolute atomic E-state index is 4.44. The van der Waals surface area contributed by atoms with Crippen LogP contribution < -0.4 is 5.32 Å². The minimum absolute atomic E-state index is 0.657. The first-order valence-electron chi connectivity index (χ1n) is 5.02. The van der Waals surface area contributed by atoms with Gasteiger partial charge in [-0.1, -0.05) is 6.92 Å². The molecule has 1 saturated carbocycles. The highest BCUT2D eigenvalue weighted by molar-refractivity contribution is 5.05. The van der Waals surface area contributed by atoms with Crippen molar-refractivity contribution in [3.05, 3.63) is 11.6 Å². The molecule has 0 saturated heterocycles. The van der Waals surface area contributed by atoms with Crippen LogP contribution in [0.1, 0.15) is 37.3 Å². The fraction of sp³-hybridized carbons (Fsp3) is 0.778. The highest BCUT2D eigenvalue weighted by atomic mass is 15.2. The number of likely N-dealkylation sites (N-methyl/N-ethyl adjacent to an activating group) is 1. The Balaban J connectivity index is 1.82. The molecule has 1 aromatic rings. The van der Waals surface area contributed by atoms with E-state index >= 15 is 0 Å². The molecular formula is C9H16N4. The monoisotopic (exact) mass is 180 g/mol. The van der Waals surface area contributed by atoms with Gasteiger partial charge in [-0.15, -0.1) is 0 Å². The van der Waals surface area contributed by atoms with E-state index in [-0.39, 0.29) is 0 Å². The number of aromatic nitrogens is 3. The molecule has 1 aliphatic rings. The van der Waals surface area contributed by atoms with Crippen LogP contribution in [-0.2, 0) is 6.42 Å². The third kappa shape index (κ3) is 2.28. The van der Waals surface area contributed by atoms with E-state index < -0.39 is 0 Å². The van der Waals surface area contributed by atoms with Crippen molar-refractivity contribution in [2.45, 2.75) is 32.1 Å². The van der Waals surface area contributed by atoms with E-state index in [0.29, 0.717) is 5.92 Å². The zero-order chi connectivity index (χ0) is 9.10. The lowest BCUT2D eigenvalue weighted by Gasteiger charge is -1.96. The van der Waals surface area contributed by atoms with Gasteiger partial charge in [0.25, 0.3) is 0 Å². The molecule has 1 aromatic heterocycles. The Hall–Kier alpha value is -0.900. The summed E-state index contributed by atoms with van der Waals surface area (Å²) in [4.78, 5) is 4.44. The average Bonchev–Trinajstić information content (AvgIpc) is 2.88. The molecule has 0 bridgehead atoms. The summed E-state index contributed by atoms with van der Waals surface area (Å²) in [7, 11) is 0. The molecule has 1 fully saturated rings. The van der Waals surface area contributed by atoms with Gasteiger partial charge in [-0.2, -0.15) is 5.10 Å². The van der Waals surface area contributed by atoms with Crippen LogP contribution in [-0.4, -0.2) is 28.3 Å². The minimum atomic E-state index is 0.657. The van der Waals surface area contributed by atoms with Gasteiger partial charge >= 0.3 is 0 Å². The quantitative estimate of drug-likeness (QED) is 0.660. The predicted octanol–water partition coefficient (Wildman–Crippen LogP) is 0.834. The summed E-state index contributed by atoms with van der Waals surface area (Å²) in [6.45, 7) is 4.11. The second-order valence-corrected chi connectivity index (χ2v) is 3.52. The van der Waals surface area contributed by atoms with Crippen LogP contribution in [0.15, 0.2) is 0 Å². The van der Waals surface area contributed by atoms with Crippen molar-refractivity contribution in [2.75, 3.05) is 13.1 Å². The first-order chi connectivity index (χ1) is 6.40. The molecule has 0 radical (unpaired) electrons. The molecule has 0 aromatic carbocycles. The molecule has 72 valence electrons. The van der Waals surface area contributed by atoms with Gasteiger partial charge in [-0.05, 0) is 19.4 Å². The number of aromatic amines is 1. The van der Waals surface area contributed by atoms with E-state index in [0.717, 1.165) is 31.2 Å². The van der Waals surface area contributed by atoms with E-state index in [2.05, 4.69) is 27.4 Å². The van der Waals surface area contributed by atoms with Gasteiger partial charge in [0, 0.05) is 18.9 Å². The summed E-state index contributed by atoms with van der Waals surface area (Å²) in [5.41, 5.74) is 0. The topological polar surface area (TPSA) is 53.6 Å². The maximum Gasteiger partial charge on any atom is 0.153 e. The Kier molecular flexibility index (Phi) is 2.59. The van der Waals surface area contributed by atoms with Crippen LogP contribution in [0.2, 0.25) is 0 Å². The van der Waals surface area contributed by atoms with Crippen LogP contribution in [0.5, 0.6) is 0 Å². The first-order valence-corrected chi connectivity index (χ1v) is 5.02. The Morgan fingerprint density at radius 2 is 2.38 bits per heavy atom. The molecule has 2 N–H and O–H groups in total. The molecule has 0 atom stereocenters. The van der Waals surface area contributed by atoms with Crippen LogP contribution in [0.4, 0.5) is 0 Å². The molecule has 2 rings (SSSR count). The number of rotatable bonds is 5. The van der Waals surface area contributed by atoms with Crippen LogP contribution in [0.3, 0.4) is 0 Å². The third-order valence-electron chi connectivity index (χ3n) is 2.28. The van der Waals surface area contributed by atoms with E-state index in [1.165, 1.54) is 12.8 Å². The number of nitrogens with one attached hydrogen (secondary N) is 2. The first kappa shape index (κ1) is 8.69. The van der Waals surface area contributed by atoms with E-state index in [1.54, 1.807) is 0 Å². The summed E-state index contributed by atoms with van der Waals surface area (Å²) in [5.74, 6) is 2.69. The van der Waals surface area contributed by atoms with Crippen molar-refractivity contribution in [3.63, 3.8) is 0 Å². The zero-order valence-corrected chi connectivity index (χ0v) is 8.01. The van der Waals surface area contributed by atoms with Crippen molar-refractivity contribution < 1.29 is 0 Å². The molecule has 4 nitrogen and oxygen atoms in total. The fourth-order valence-corrected chi connectivity index (χ4v) is 1.33. The zero-order valence-electron chi connectivity index (χ0n) is 8.01. The highest BCUT2D eigenvalue weighted by Gasteiger charge is 2.27. The Morgan fingerprint density at radius 3 is 3.08 bits per heavy atom. The smallest absolute Gasteiger partial charge is 0.153 e. The molecule has 0 aliphatic heterocycles. The number of hydrogen-bond donors (Lipinski definition) is 2. The summed E-state index contributed by atoms with van der Waals surface area (Å²) in [6.07, 6.45) is 3.49. The second-order valence-electron chi connectivity index (χ2n) is 3.52. The fourth-order valence-electron chi connectivity index (χ4n) is 1.33. The molecule has 0 unspecified atom stereocenters. The van der Waals surface area contributed by atoms with Crippen LogP contribution in [0, 0.1) is 0 Å². The van der Waals surface area contributed by atoms with E-state index in [9.17, 15) is 0 Å². The summed E-state index contributed by atoms with van der Waals surface area (Å²) < 4.78 is 0. The van der Waals surface area contributed by atoms with Crippen LogP contribution >= 0.6 is 0 Å². The van der Waals surface area contributed by atoms with E-state index in [1.807, 2.05) is 0 Å². The lowest BCUT2D eigenvalue weighted by Crippen LogP contribution is -2.16. The van der Waals surface area contributed by atoms with Gasteiger partial charge in [0.05, 0.1) is 0 Å². The van der Waals surface area contributed by atoms with Crippen molar-refractivity contribution >= 4 is 0 Å². The van der Waals surface area contributed by atoms with Gasteiger partial charge in [0.15, 0.2) is 5.82 Å². The summed E-state index contributed by atoms with van der Waals surface area (Å²) >= 11 is 0. The molecule has 4 heteroatoms. The molecule has 13 heavy (non-hydrogen) atoms. The molecule has 0 spiro atoms. The molecule has 0 amide bonds. The van der Waals surface area contributed by atoms with Crippen LogP contribution in [0.25, 0.3) is 0 Å². The van der Waals surface area contributed by atoms with Gasteiger partial charge in [-0.25, -0.2) is 4.98 Å². The molecular weight excluding hydrogens is 164 g/mol. The Labute approximate surface area is 78.1 Å². The lowest BCUT2D eigenvalue weighted by atomic mass is 10.4. The van der Waals surface area contributed by atoms with Gasteiger partial charge in [0.1, 0.15) is 5.82 Å². The molecule has 1 heterocycles. The standard InChI is InChI=1S/C9H16N4/c1-2-10-6-5-8-11-9(13-12-8)7-3-4-7/h7,10H,2-6H2,1H3,(H,11,12,13). The normalized spacial score (nSPS) is 16.4. The number of H-pyrrole nitrogens is 1. The summed E-state index contributed by atoms with van der Waals surface area (Å²) in [5, 5.41) is 10.4. The average molecular weight is 180 g/mol. The van der Waals surface area contributed by atoms with Crippen molar-refractivity contribution in [1.82, 2.24) is 20.5 Å². The van der Waals surface area contributed by atoms with Gasteiger partial charge in [-0.3, -0.25) is 5.10 Å². The van der Waals surface area contributed by atoms with Gasteiger partial charge in [0.2, 0.25) is 0 Å². The Bertz CT molecular complexity index is 264. The maximum atomic E-state index is 4.44. The summed E-state index contributed by atoms with van der Waals surface area (Å²) in [6, 6.07) is 0. The molecule has 1 aliphatic carbocycles. The Morgan fingerprint density at radius 1 is 1.54 bits per heavy atom. The minimum Gasteiger partial charge on any atom is -0.317 e. The number of hydrogen-bond acceptors (Lipinski definition) is 3. The second kappa shape index (κ2) is 3.87. The SMILES string of the molecule is CCNCCc1nc(C2CC2)n[nH]1. The van der Waals surface area contributed by atoms with Gasteiger partial charge < -0.3 is 5.32 Å². The van der Waals surface area contributed by atoms with Crippen molar-refractivity contribution in [3.8, 4) is 0 Å². The van der Waals surface area contributed by atoms with Crippen molar-refractivity contribution in [1.29, 1.82) is 0 Å². The lowest BCUT2D eigenvalue weighted by molar-refractivity contribution is 0.697. The predicted molar refractivity (Wildman–Crippen MR) is 50.6 cm³/mol. The third-order valence-corrected chi connectivity index (χ3v) is 2.28. The van der Waals surface area contributed by atoms with Crippen molar-refractivity contribution in [2.24, 2.45) is 0 Å². The largest absolute Gasteiger partial charge is 0.317 e.